The molecule has 0 aliphatic carbocycles. The summed E-state index contributed by atoms with van der Waals surface area (Å²) in [7, 11) is 1.49. The molecule has 0 radical (unpaired) electrons. The van der Waals surface area contributed by atoms with Crippen molar-refractivity contribution in [3.63, 3.8) is 0 Å². The van der Waals surface area contributed by atoms with Gasteiger partial charge in [-0.2, -0.15) is 18.3 Å². The molecule has 1 aromatic rings. The maximum absolute atomic E-state index is 14.1. The average Bonchev–Trinajstić information content (AvgIpc) is 3.20. The Kier molecular flexibility index (Phi) is 10.1. The van der Waals surface area contributed by atoms with E-state index in [1.165, 1.54) is 12.1 Å². The van der Waals surface area contributed by atoms with E-state index in [9.17, 15) is 22.8 Å². The normalized spacial score (nSPS) is 17.8. The zero-order valence-corrected chi connectivity index (χ0v) is 19.1. The van der Waals surface area contributed by atoms with Crippen molar-refractivity contribution < 1.29 is 37.0 Å². The predicted molar refractivity (Wildman–Crippen MR) is 116 cm³/mol. The lowest BCUT2D eigenvalue weighted by Crippen LogP contribution is -2.38. The summed E-state index contributed by atoms with van der Waals surface area (Å²) >= 11 is 0. The van der Waals surface area contributed by atoms with Crippen LogP contribution >= 0.6 is 0 Å². The third-order valence-electron chi connectivity index (χ3n) is 5.41. The molecular weight excluding hydrogens is 441 g/mol. The molecule has 0 unspecified atom stereocenters. The van der Waals surface area contributed by atoms with Gasteiger partial charge in [-0.25, -0.2) is 0 Å². The van der Waals surface area contributed by atoms with Crippen molar-refractivity contribution in [2.24, 2.45) is 11.0 Å². The first-order chi connectivity index (χ1) is 15.7. The first-order valence-corrected chi connectivity index (χ1v) is 11.0. The second-order valence-electron chi connectivity index (χ2n) is 7.66. The van der Waals surface area contributed by atoms with E-state index in [0.29, 0.717) is 24.9 Å². The summed E-state index contributed by atoms with van der Waals surface area (Å²) < 4.78 is 57.5. The number of hydrogen-bond acceptors (Lipinski definition) is 7. The van der Waals surface area contributed by atoms with Crippen LogP contribution in [0.1, 0.15) is 44.6 Å². The van der Waals surface area contributed by atoms with E-state index in [1.54, 1.807) is 44.2 Å². The molecule has 0 spiro atoms. The van der Waals surface area contributed by atoms with Crippen LogP contribution in [-0.4, -0.2) is 68.4 Å². The average molecular weight is 473 g/mol. The summed E-state index contributed by atoms with van der Waals surface area (Å²) in [5, 5.41) is 5.33. The number of ether oxygens (including phenoxy) is 3. The first-order valence-electron chi connectivity index (χ1n) is 11.0. The summed E-state index contributed by atoms with van der Waals surface area (Å²) in [6.45, 7) is 3.69. The largest absolute Gasteiger partial charge is 0.465 e. The van der Waals surface area contributed by atoms with Gasteiger partial charge in [0.05, 0.1) is 25.9 Å². The van der Waals surface area contributed by atoms with Crippen molar-refractivity contribution >= 4 is 17.7 Å². The lowest BCUT2D eigenvalue weighted by molar-refractivity contribution is -0.162. The number of benzene rings is 1. The van der Waals surface area contributed by atoms with Crippen LogP contribution in [0.5, 0.6) is 0 Å². The van der Waals surface area contributed by atoms with Gasteiger partial charge in [0.2, 0.25) is 0 Å². The summed E-state index contributed by atoms with van der Waals surface area (Å²) in [5.74, 6) is -4.59. The van der Waals surface area contributed by atoms with Crippen molar-refractivity contribution in [1.29, 1.82) is 0 Å². The van der Waals surface area contributed by atoms with Gasteiger partial charge in [0.1, 0.15) is 5.71 Å². The van der Waals surface area contributed by atoms with Crippen molar-refractivity contribution in [2.75, 3.05) is 33.5 Å². The number of esters is 2. The van der Waals surface area contributed by atoms with E-state index in [2.05, 4.69) is 5.10 Å². The fourth-order valence-corrected chi connectivity index (χ4v) is 3.91. The van der Waals surface area contributed by atoms with Crippen LogP contribution in [-0.2, 0) is 23.8 Å². The Morgan fingerprint density at radius 1 is 1.12 bits per heavy atom. The van der Waals surface area contributed by atoms with E-state index in [1.807, 2.05) is 0 Å². The molecule has 1 fully saturated rings. The van der Waals surface area contributed by atoms with Gasteiger partial charge in [-0.3, -0.25) is 14.6 Å². The van der Waals surface area contributed by atoms with Crippen LogP contribution in [0.3, 0.4) is 0 Å². The summed E-state index contributed by atoms with van der Waals surface area (Å²) in [6, 6.07) is 7.85. The molecule has 33 heavy (non-hydrogen) atoms. The standard InChI is InChI=1S/C23H31F3N2O5/c1-4-32-21(29)20(22(30)33-5-2)18(16-10-7-6-8-11-16)14-19(23(24,25)26)27-28-13-9-12-17(28)15-31-3/h6-8,10-11,17-18,20H,4-5,9,12-15H2,1-3H3/b27-19-/t17-,18+/m0/s1. The molecule has 0 aromatic heterocycles. The van der Waals surface area contributed by atoms with Crippen molar-refractivity contribution in [3.8, 4) is 0 Å². The lowest BCUT2D eigenvalue weighted by atomic mass is 9.82. The molecule has 0 bridgehead atoms. The molecule has 0 amide bonds. The van der Waals surface area contributed by atoms with E-state index >= 15 is 0 Å². The quantitative estimate of drug-likeness (QED) is 0.276. The number of rotatable bonds is 11. The molecular formula is C23H31F3N2O5. The molecule has 184 valence electrons. The lowest BCUT2D eigenvalue weighted by Gasteiger charge is -2.28. The molecule has 1 saturated heterocycles. The zero-order chi connectivity index (χ0) is 24.4. The molecule has 1 aliphatic heterocycles. The fourth-order valence-electron chi connectivity index (χ4n) is 3.91. The highest BCUT2D eigenvalue weighted by atomic mass is 19.4. The van der Waals surface area contributed by atoms with Crippen LogP contribution in [0.2, 0.25) is 0 Å². The summed E-state index contributed by atoms with van der Waals surface area (Å²) in [6.07, 6.45) is -4.09. The zero-order valence-electron chi connectivity index (χ0n) is 19.1. The molecule has 7 nitrogen and oxygen atoms in total. The minimum absolute atomic E-state index is 0.0249. The Morgan fingerprint density at radius 3 is 2.24 bits per heavy atom. The highest BCUT2D eigenvalue weighted by Crippen LogP contribution is 2.35. The van der Waals surface area contributed by atoms with Crippen LogP contribution < -0.4 is 0 Å². The van der Waals surface area contributed by atoms with Gasteiger partial charge >= 0.3 is 18.1 Å². The maximum Gasteiger partial charge on any atom is 0.431 e. The van der Waals surface area contributed by atoms with E-state index in [-0.39, 0.29) is 25.9 Å². The Morgan fingerprint density at radius 2 is 1.73 bits per heavy atom. The van der Waals surface area contributed by atoms with E-state index < -0.39 is 42.1 Å². The Hall–Kier alpha value is -2.62. The van der Waals surface area contributed by atoms with Gasteiger partial charge in [0, 0.05) is 26.0 Å². The summed E-state index contributed by atoms with van der Waals surface area (Å²) in [4.78, 5) is 25.4. The monoisotopic (exact) mass is 472 g/mol. The molecule has 2 atom stereocenters. The predicted octanol–water partition coefficient (Wildman–Crippen LogP) is 3.93. The molecule has 10 heteroatoms. The molecule has 2 rings (SSSR count). The molecule has 1 aliphatic rings. The first kappa shape index (κ1) is 26.6. The second kappa shape index (κ2) is 12.6. The van der Waals surface area contributed by atoms with Crippen LogP contribution in [0.4, 0.5) is 13.2 Å². The fraction of sp³-hybridized carbons (Fsp3) is 0.609. The number of carbonyl (C=O) groups excluding carboxylic acids is 2. The third-order valence-corrected chi connectivity index (χ3v) is 5.41. The topological polar surface area (TPSA) is 77.4 Å². The number of carbonyl (C=O) groups is 2. The maximum atomic E-state index is 14.1. The molecule has 0 N–H and O–H groups in total. The van der Waals surface area contributed by atoms with E-state index in [4.69, 9.17) is 14.2 Å². The number of alkyl halides is 3. The number of hydrogen-bond donors (Lipinski definition) is 0. The Balaban J connectivity index is 2.51. The highest BCUT2D eigenvalue weighted by Gasteiger charge is 2.45. The van der Waals surface area contributed by atoms with Crippen LogP contribution in [0, 0.1) is 5.92 Å². The van der Waals surface area contributed by atoms with Crippen LogP contribution in [0.25, 0.3) is 0 Å². The van der Waals surface area contributed by atoms with Gasteiger partial charge in [0.25, 0.3) is 0 Å². The van der Waals surface area contributed by atoms with Crippen LogP contribution in [0.15, 0.2) is 35.4 Å². The highest BCUT2D eigenvalue weighted by molar-refractivity contribution is 5.98. The molecule has 1 heterocycles. The van der Waals surface area contributed by atoms with Gasteiger partial charge in [0.15, 0.2) is 5.92 Å². The van der Waals surface area contributed by atoms with Crippen molar-refractivity contribution in [2.45, 2.75) is 51.2 Å². The smallest absolute Gasteiger partial charge is 0.431 e. The Labute approximate surface area is 191 Å². The van der Waals surface area contributed by atoms with Gasteiger partial charge in [-0.05, 0) is 32.3 Å². The van der Waals surface area contributed by atoms with Crippen molar-refractivity contribution in [1.82, 2.24) is 5.01 Å². The summed E-state index contributed by atoms with van der Waals surface area (Å²) in [5.41, 5.74) is -0.687. The Bertz CT molecular complexity index is 783. The van der Waals surface area contributed by atoms with Gasteiger partial charge in [-0.1, -0.05) is 30.3 Å². The minimum Gasteiger partial charge on any atom is -0.465 e. The number of methoxy groups -OCH3 is 1. The minimum atomic E-state index is -4.76. The number of hydrazone groups is 1. The SMILES string of the molecule is CCOC(=O)C(C(=O)OCC)[C@H](C/C(=N/N1CCC[C@H]1COC)C(F)(F)F)c1ccccc1. The van der Waals surface area contributed by atoms with E-state index in [0.717, 1.165) is 0 Å². The number of halogens is 3. The van der Waals surface area contributed by atoms with Crippen molar-refractivity contribution in [3.05, 3.63) is 35.9 Å². The molecule has 0 saturated carbocycles. The van der Waals surface area contributed by atoms with Gasteiger partial charge < -0.3 is 14.2 Å². The number of nitrogens with zero attached hydrogens (tertiary/aromatic N) is 2. The second-order valence-corrected chi connectivity index (χ2v) is 7.66. The van der Waals surface area contributed by atoms with Gasteiger partial charge in [-0.15, -0.1) is 0 Å². The third kappa shape index (κ3) is 7.45. The molecule has 1 aromatic carbocycles.